The molecule has 6 atom stereocenters. The highest BCUT2D eigenvalue weighted by Gasteiger charge is 2.42. The first kappa shape index (κ1) is 50.8. The third-order valence-electron chi connectivity index (χ3n) is 11.0. The van der Waals surface area contributed by atoms with Gasteiger partial charge in [0.2, 0.25) is 5.91 Å². The monoisotopic (exact) mass is 870 g/mol. The lowest BCUT2D eigenvalue weighted by Crippen LogP contribution is -2.60. The van der Waals surface area contributed by atoms with Crippen LogP contribution in [0, 0.1) is 35.4 Å². The molecule has 1 fully saturated rings. The number of esters is 1. The van der Waals surface area contributed by atoms with Crippen LogP contribution in [-0.4, -0.2) is 87.7 Å². The Morgan fingerprint density at radius 3 is 2.41 bits per heavy atom. The Morgan fingerprint density at radius 1 is 1.15 bits per heavy atom. The molecule has 1 aromatic carbocycles. The van der Waals surface area contributed by atoms with E-state index in [2.05, 4.69) is 32.2 Å². The number of halogens is 1. The molecule has 61 heavy (non-hydrogen) atoms. The summed E-state index contributed by atoms with van der Waals surface area (Å²) in [5.41, 5.74) is -1.15. The van der Waals surface area contributed by atoms with Crippen LogP contribution in [0.3, 0.4) is 0 Å². The van der Waals surface area contributed by atoms with E-state index in [-0.39, 0.29) is 60.4 Å². The number of nitrogens with one attached hydrogen (secondary N) is 4. The van der Waals surface area contributed by atoms with E-state index in [0.717, 1.165) is 17.8 Å². The van der Waals surface area contributed by atoms with Crippen LogP contribution in [0.2, 0.25) is 0 Å². The zero-order chi connectivity index (χ0) is 45.7. The highest BCUT2D eigenvalue weighted by molar-refractivity contribution is 7.09. The van der Waals surface area contributed by atoms with Crippen LogP contribution in [-0.2, 0) is 35.2 Å². The number of unbranched alkanes of at least 4 members (excludes halogenated alkanes) is 1. The molecule has 0 aliphatic carbocycles. The van der Waals surface area contributed by atoms with Crippen molar-refractivity contribution in [2.75, 3.05) is 18.5 Å². The molecular weight excluding hydrogens is 804 g/mol. The second kappa shape index (κ2) is 23.0. The topological polar surface area (TPSA) is 188 Å². The van der Waals surface area contributed by atoms with Crippen LogP contribution >= 0.6 is 11.3 Å². The minimum absolute atomic E-state index is 0.00562. The van der Waals surface area contributed by atoms with Crippen LogP contribution < -0.4 is 21.3 Å². The number of aromatic nitrogens is 1. The molecule has 5 N–H and O–H groups in total. The van der Waals surface area contributed by atoms with Gasteiger partial charge in [-0.15, -0.1) is 23.7 Å². The second-order valence-electron chi connectivity index (χ2n) is 17.6. The molecule has 2 aromatic rings. The number of ether oxygens (including phenoxy) is 1. The van der Waals surface area contributed by atoms with Crippen LogP contribution in [0.25, 0.3) is 0 Å². The van der Waals surface area contributed by atoms with Gasteiger partial charge in [0.1, 0.15) is 22.6 Å². The van der Waals surface area contributed by atoms with E-state index in [1.807, 2.05) is 48.5 Å². The number of carboxylic acids is 1. The maximum absolute atomic E-state index is 15.0. The van der Waals surface area contributed by atoms with Crippen molar-refractivity contribution in [1.82, 2.24) is 26.0 Å². The zero-order valence-corrected chi connectivity index (χ0v) is 38.3. The summed E-state index contributed by atoms with van der Waals surface area (Å²) in [4.78, 5) is 77.7. The van der Waals surface area contributed by atoms with Gasteiger partial charge in [0.05, 0.1) is 29.3 Å². The molecule has 3 amide bonds. The predicted octanol–water partition coefficient (Wildman–Crippen LogP) is 6.81. The lowest BCUT2D eigenvalue weighted by molar-refractivity contribution is -0.213. The largest absolute Gasteiger partial charge is 0.481 e. The molecule has 0 radical (unpaired) electrons. The molecule has 0 bridgehead atoms. The fourth-order valence-corrected chi connectivity index (χ4v) is 8.04. The SMILES string of the molecule is C#CCCCON(C(=O)[C@@H](NC(=O)[C@@]1(C)CCCN1)[C@@H](C)CC)[C@H](C[C@@H](OC(C)=O)c1nc(C(=O)N[C@@H](Cc2ccc(NC(C)C)c(F)c2)CC(C)(C)C(=O)O)cs1)C(C)C. The number of carboxylic acid groups (broad SMARTS) is 1. The number of aliphatic carboxylic acids is 1. The van der Waals surface area contributed by atoms with Gasteiger partial charge in [0.25, 0.3) is 11.8 Å². The standard InChI is InChI=1S/C45H67FN6O8S/c1-12-14-15-21-59-52(41(55)38(29(7)13-2)51-42(56)45(11)19-16-20-47-45)36(27(3)4)24-37(60-30(8)53)40-50-35(26-61-40)39(54)49-32(25-44(9,10)43(57)58)22-31-17-18-34(33(46)23-31)48-28(5)6/h1,17-18,23,26-29,32,36-38,47-48H,13-16,19-22,24-25H2,2-11H3,(H,49,54)(H,51,56)(H,57,58)/t29-,32-,36+,37+,38-,45+/m0/s1. The van der Waals surface area contributed by atoms with Gasteiger partial charge in [-0.1, -0.05) is 40.2 Å². The number of terminal acetylenes is 1. The van der Waals surface area contributed by atoms with E-state index in [1.54, 1.807) is 26.0 Å². The number of hydrogen-bond donors (Lipinski definition) is 5. The van der Waals surface area contributed by atoms with E-state index in [9.17, 15) is 29.1 Å². The van der Waals surface area contributed by atoms with E-state index in [0.29, 0.717) is 43.5 Å². The smallest absolute Gasteiger partial charge is 0.309 e. The van der Waals surface area contributed by atoms with Crippen molar-refractivity contribution < 1.29 is 43.0 Å². The fraction of sp³-hybridized carbons (Fsp3) is 0.644. The molecule has 338 valence electrons. The van der Waals surface area contributed by atoms with Crippen molar-refractivity contribution in [1.29, 1.82) is 0 Å². The zero-order valence-electron chi connectivity index (χ0n) is 37.5. The average Bonchev–Trinajstić information content (AvgIpc) is 3.86. The Kier molecular flexibility index (Phi) is 19.2. The number of nitrogens with zero attached hydrogens (tertiary/aromatic N) is 2. The van der Waals surface area contributed by atoms with E-state index in [4.69, 9.17) is 16.0 Å². The number of thiazole rings is 1. The minimum Gasteiger partial charge on any atom is -0.481 e. The molecule has 1 saturated heterocycles. The third kappa shape index (κ3) is 14.8. The molecule has 1 aliphatic heterocycles. The van der Waals surface area contributed by atoms with Gasteiger partial charge in [-0.25, -0.2) is 14.4 Å². The van der Waals surface area contributed by atoms with Crippen molar-refractivity contribution in [2.45, 2.75) is 156 Å². The van der Waals surface area contributed by atoms with Gasteiger partial charge >= 0.3 is 11.9 Å². The number of rotatable bonds is 24. The normalized spacial score (nSPS) is 17.8. The second-order valence-corrected chi connectivity index (χ2v) is 18.5. The number of carbonyl (C=O) groups is 5. The maximum Gasteiger partial charge on any atom is 0.309 e. The minimum atomic E-state index is -1.23. The number of benzene rings is 1. The Balaban J connectivity index is 1.96. The van der Waals surface area contributed by atoms with Crippen molar-refractivity contribution >= 4 is 46.7 Å². The summed E-state index contributed by atoms with van der Waals surface area (Å²) < 4.78 is 20.8. The first-order chi connectivity index (χ1) is 28.6. The molecule has 0 spiro atoms. The highest BCUT2D eigenvalue weighted by atomic mass is 32.1. The molecule has 1 aliphatic rings. The molecule has 3 rings (SSSR count). The van der Waals surface area contributed by atoms with Crippen molar-refractivity contribution in [2.24, 2.45) is 17.3 Å². The predicted molar refractivity (Wildman–Crippen MR) is 234 cm³/mol. The van der Waals surface area contributed by atoms with Gasteiger partial charge in [0, 0.05) is 37.2 Å². The van der Waals surface area contributed by atoms with E-state index < -0.39 is 64.8 Å². The van der Waals surface area contributed by atoms with Crippen LogP contribution in [0.5, 0.6) is 0 Å². The summed E-state index contributed by atoms with van der Waals surface area (Å²) in [5.74, 6) is -1.39. The Morgan fingerprint density at radius 2 is 1.85 bits per heavy atom. The lowest BCUT2D eigenvalue weighted by atomic mass is 9.84. The first-order valence-corrected chi connectivity index (χ1v) is 22.2. The molecule has 0 saturated carbocycles. The van der Waals surface area contributed by atoms with E-state index >= 15 is 4.39 Å². The molecule has 14 nitrogen and oxygen atoms in total. The summed E-state index contributed by atoms with van der Waals surface area (Å²) >= 11 is 1.09. The lowest BCUT2D eigenvalue weighted by Gasteiger charge is -2.38. The van der Waals surface area contributed by atoms with Crippen molar-refractivity contribution in [3.05, 3.63) is 45.7 Å². The van der Waals surface area contributed by atoms with Crippen molar-refractivity contribution in [3.8, 4) is 12.3 Å². The number of hydrogen-bond acceptors (Lipinski definition) is 11. The molecule has 1 aromatic heterocycles. The summed E-state index contributed by atoms with van der Waals surface area (Å²) in [7, 11) is 0. The number of amides is 3. The highest BCUT2D eigenvalue weighted by Crippen LogP contribution is 2.33. The van der Waals surface area contributed by atoms with Crippen LogP contribution in [0.1, 0.15) is 141 Å². The quantitative estimate of drug-likeness (QED) is 0.0323. The van der Waals surface area contributed by atoms with Gasteiger partial charge in [-0.05, 0) is 103 Å². The van der Waals surface area contributed by atoms with Gasteiger partial charge in [-0.2, -0.15) is 0 Å². The number of carbonyl (C=O) groups excluding carboxylic acids is 4. The summed E-state index contributed by atoms with van der Waals surface area (Å²) in [6.45, 7) is 18.4. The summed E-state index contributed by atoms with van der Waals surface area (Å²) in [6, 6.07) is 2.37. The average molecular weight is 871 g/mol. The number of hydroxylamine groups is 2. The molecule has 2 heterocycles. The molecule has 0 unspecified atom stereocenters. The van der Waals surface area contributed by atoms with Gasteiger partial charge in [-0.3, -0.25) is 28.8 Å². The summed E-state index contributed by atoms with van der Waals surface area (Å²) in [5, 5.41) is 25.3. The molecule has 16 heteroatoms. The van der Waals surface area contributed by atoms with Crippen molar-refractivity contribution in [3.63, 3.8) is 0 Å². The van der Waals surface area contributed by atoms with Gasteiger partial charge < -0.3 is 31.1 Å². The molecular formula is C45H67FN6O8S. The third-order valence-corrected chi connectivity index (χ3v) is 12.0. The van der Waals surface area contributed by atoms with E-state index in [1.165, 1.54) is 23.4 Å². The Labute approximate surface area is 364 Å². The summed E-state index contributed by atoms with van der Waals surface area (Å²) in [6.07, 6.45) is 7.64. The Bertz CT molecular complexity index is 1860. The fourth-order valence-electron chi connectivity index (χ4n) is 7.20. The first-order valence-electron chi connectivity index (χ1n) is 21.3. The van der Waals surface area contributed by atoms with Crippen LogP contribution in [0.4, 0.5) is 10.1 Å². The Hall–Kier alpha value is -4.59. The van der Waals surface area contributed by atoms with Gasteiger partial charge in [0.15, 0.2) is 6.10 Å². The number of anilines is 1. The van der Waals surface area contributed by atoms with Crippen LogP contribution in [0.15, 0.2) is 23.6 Å². The maximum atomic E-state index is 15.0.